The van der Waals surface area contributed by atoms with Gasteiger partial charge in [0.15, 0.2) is 0 Å². The number of carboxylic acid groups (broad SMARTS) is 1. The highest BCUT2D eigenvalue weighted by Crippen LogP contribution is 2.17. The van der Waals surface area contributed by atoms with Crippen LogP contribution in [-0.4, -0.2) is 45.2 Å². The van der Waals surface area contributed by atoms with Gasteiger partial charge in [0.05, 0.1) is 0 Å². The van der Waals surface area contributed by atoms with Crippen molar-refractivity contribution in [1.82, 2.24) is 15.1 Å². The summed E-state index contributed by atoms with van der Waals surface area (Å²) in [6.45, 7) is 1.98. The average molecular weight is 289 g/mol. The van der Waals surface area contributed by atoms with Gasteiger partial charge in [0, 0.05) is 17.7 Å². The molecule has 1 aromatic heterocycles. The number of hydrogen-bond acceptors (Lipinski definition) is 5. The number of hydrogen-bond donors (Lipinski definition) is 1. The Morgan fingerprint density at radius 1 is 1.29 bits per heavy atom. The van der Waals surface area contributed by atoms with Gasteiger partial charge in [-0.3, -0.25) is 9.59 Å². The second-order valence-corrected chi connectivity index (χ2v) is 4.44. The second kappa shape index (κ2) is 6.65. The molecule has 0 radical (unpaired) electrons. The summed E-state index contributed by atoms with van der Waals surface area (Å²) in [4.78, 5) is 24.4. The Balaban J connectivity index is 2.16. The third-order valence-corrected chi connectivity index (χ3v) is 2.85. The van der Waals surface area contributed by atoms with Gasteiger partial charge in [0.2, 0.25) is 12.3 Å². The minimum atomic E-state index is -1.03. The van der Waals surface area contributed by atoms with Crippen LogP contribution in [0.3, 0.4) is 0 Å². The van der Waals surface area contributed by atoms with Crippen molar-refractivity contribution in [3.63, 3.8) is 0 Å². The van der Waals surface area contributed by atoms with Gasteiger partial charge in [-0.05, 0) is 30.7 Å². The van der Waals surface area contributed by atoms with E-state index in [2.05, 4.69) is 10.2 Å². The maximum Gasteiger partial charge on any atom is 0.323 e. The Bertz CT molecular complexity index is 608. The monoisotopic (exact) mass is 289 g/mol. The number of aliphatic carboxylic acids is 1. The highest BCUT2D eigenvalue weighted by atomic mass is 16.4. The smallest absolute Gasteiger partial charge is 0.323 e. The van der Waals surface area contributed by atoms with Crippen molar-refractivity contribution in [1.29, 1.82) is 0 Å². The molecule has 0 fully saturated rings. The highest BCUT2D eigenvalue weighted by Gasteiger charge is 2.18. The van der Waals surface area contributed by atoms with Crippen LogP contribution in [0.25, 0.3) is 11.5 Å². The predicted molar refractivity (Wildman–Crippen MR) is 73.6 cm³/mol. The van der Waals surface area contributed by atoms with E-state index in [0.29, 0.717) is 30.0 Å². The molecule has 1 amide bonds. The Hall–Kier alpha value is -2.70. The van der Waals surface area contributed by atoms with E-state index in [4.69, 9.17) is 9.52 Å². The van der Waals surface area contributed by atoms with Crippen LogP contribution in [-0.2, 0) is 4.79 Å². The Morgan fingerprint density at radius 2 is 2.00 bits per heavy atom. The molecular formula is C14H15N3O4. The highest BCUT2D eigenvalue weighted by molar-refractivity contribution is 5.96. The number of amides is 1. The zero-order chi connectivity index (χ0) is 15.2. The van der Waals surface area contributed by atoms with E-state index in [1.54, 1.807) is 24.3 Å². The molecule has 1 aromatic carbocycles. The summed E-state index contributed by atoms with van der Waals surface area (Å²) in [5, 5.41) is 16.2. The molecule has 1 heterocycles. The lowest BCUT2D eigenvalue weighted by Crippen LogP contribution is -2.36. The van der Waals surface area contributed by atoms with E-state index in [1.165, 1.54) is 11.3 Å². The average Bonchev–Trinajstić information content (AvgIpc) is 3.00. The van der Waals surface area contributed by atoms with Crippen LogP contribution in [0.2, 0.25) is 0 Å². The molecule has 21 heavy (non-hydrogen) atoms. The fourth-order valence-corrected chi connectivity index (χ4v) is 1.92. The SMILES string of the molecule is CCCN(CC(=O)O)C(=O)c1ccc(-c2nnco2)cc1. The van der Waals surface area contributed by atoms with Crippen molar-refractivity contribution in [2.24, 2.45) is 0 Å². The third-order valence-electron chi connectivity index (χ3n) is 2.85. The largest absolute Gasteiger partial charge is 0.480 e. The van der Waals surface area contributed by atoms with E-state index < -0.39 is 5.97 Å². The van der Waals surface area contributed by atoms with E-state index in [9.17, 15) is 9.59 Å². The van der Waals surface area contributed by atoms with E-state index in [1.807, 2.05) is 6.92 Å². The summed E-state index contributed by atoms with van der Waals surface area (Å²) in [6, 6.07) is 6.61. The van der Waals surface area contributed by atoms with E-state index in [0.717, 1.165) is 0 Å². The molecule has 0 spiro atoms. The van der Waals surface area contributed by atoms with Gasteiger partial charge in [-0.25, -0.2) is 0 Å². The van der Waals surface area contributed by atoms with Crippen LogP contribution < -0.4 is 0 Å². The molecule has 0 bridgehead atoms. The number of carbonyl (C=O) groups is 2. The van der Waals surface area contributed by atoms with Gasteiger partial charge in [0.1, 0.15) is 6.54 Å². The van der Waals surface area contributed by atoms with Gasteiger partial charge < -0.3 is 14.4 Å². The lowest BCUT2D eigenvalue weighted by molar-refractivity contribution is -0.137. The van der Waals surface area contributed by atoms with E-state index in [-0.39, 0.29) is 12.5 Å². The molecule has 0 saturated heterocycles. The maximum absolute atomic E-state index is 12.3. The van der Waals surface area contributed by atoms with Gasteiger partial charge in [-0.1, -0.05) is 6.92 Å². The molecule has 0 aliphatic rings. The summed E-state index contributed by atoms with van der Waals surface area (Å²) in [7, 11) is 0. The van der Waals surface area contributed by atoms with Crippen molar-refractivity contribution in [2.45, 2.75) is 13.3 Å². The van der Waals surface area contributed by atoms with Gasteiger partial charge in [-0.15, -0.1) is 10.2 Å². The zero-order valence-electron chi connectivity index (χ0n) is 11.5. The molecule has 0 aliphatic carbocycles. The van der Waals surface area contributed by atoms with E-state index >= 15 is 0 Å². The molecule has 0 saturated carbocycles. The first kappa shape index (κ1) is 14.7. The topological polar surface area (TPSA) is 96.5 Å². The van der Waals surface area contributed by atoms with Crippen LogP contribution in [0, 0.1) is 0 Å². The summed E-state index contributed by atoms with van der Waals surface area (Å²) in [6.07, 6.45) is 1.92. The minimum Gasteiger partial charge on any atom is -0.480 e. The molecule has 0 unspecified atom stereocenters. The predicted octanol–water partition coefficient (Wildman–Crippen LogP) is 1.67. The first-order chi connectivity index (χ1) is 10.1. The third kappa shape index (κ3) is 3.65. The minimum absolute atomic E-state index is 0.307. The first-order valence-electron chi connectivity index (χ1n) is 6.49. The normalized spacial score (nSPS) is 10.3. The summed E-state index contributed by atoms with van der Waals surface area (Å²) >= 11 is 0. The Kier molecular flexibility index (Phi) is 4.65. The number of rotatable bonds is 6. The fourth-order valence-electron chi connectivity index (χ4n) is 1.92. The molecule has 2 rings (SSSR count). The van der Waals surface area contributed by atoms with Crippen LogP contribution >= 0.6 is 0 Å². The number of aromatic nitrogens is 2. The van der Waals surface area contributed by atoms with Crippen molar-refractivity contribution < 1.29 is 19.1 Å². The first-order valence-corrected chi connectivity index (χ1v) is 6.49. The van der Waals surface area contributed by atoms with Crippen LogP contribution in [0.4, 0.5) is 0 Å². The zero-order valence-corrected chi connectivity index (χ0v) is 11.5. The molecule has 0 aliphatic heterocycles. The Morgan fingerprint density at radius 3 is 2.52 bits per heavy atom. The van der Waals surface area contributed by atoms with Gasteiger partial charge in [0.25, 0.3) is 5.91 Å². The quantitative estimate of drug-likeness (QED) is 0.869. The molecular weight excluding hydrogens is 274 g/mol. The lowest BCUT2D eigenvalue weighted by atomic mass is 10.1. The molecule has 0 atom stereocenters. The summed E-state index contributed by atoms with van der Waals surface area (Å²) < 4.78 is 5.06. The molecule has 110 valence electrons. The van der Waals surface area contributed by atoms with Crippen LogP contribution in [0.15, 0.2) is 35.1 Å². The molecule has 7 nitrogen and oxygen atoms in total. The number of carbonyl (C=O) groups excluding carboxylic acids is 1. The summed E-state index contributed by atoms with van der Waals surface area (Å²) in [5.41, 5.74) is 1.12. The Labute approximate surface area is 121 Å². The maximum atomic E-state index is 12.3. The number of benzene rings is 1. The molecule has 1 N–H and O–H groups in total. The molecule has 2 aromatic rings. The van der Waals surface area contributed by atoms with Gasteiger partial charge in [-0.2, -0.15) is 0 Å². The standard InChI is InChI=1S/C14H15N3O4/c1-2-7-17(8-12(18)19)14(20)11-5-3-10(4-6-11)13-16-15-9-21-13/h3-6,9H,2,7-8H2,1H3,(H,18,19). The second-order valence-electron chi connectivity index (χ2n) is 4.44. The lowest BCUT2D eigenvalue weighted by Gasteiger charge is -2.19. The molecule has 7 heteroatoms. The van der Waals surface area contributed by atoms with Crippen molar-refractivity contribution in [3.05, 3.63) is 36.2 Å². The summed E-state index contributed by atoms with van der Waals surface area (Å²) in [5.74, 6) is -0.972. The van der Waals surface area contributed by atoms with Gasteiger partial charge >= 0.3 is 5.97 Å². The van der Waals surface area contributed by atoms with Crippen molar-refractivity contribution >= 4 is 11.9 Å². The number of carboxylic acids is 1. The van der Waals surface area contributed by atoms with Crippen molar-refractivity contribution in [3.8, 4) is 11.5 Å². The van der Waals surface area contributed by atoms with Crippen LogP contribution in [0.1, 0.15) is 23.7 Å². The fraction of sp³-hybridized carbons (Fsp3) is 0.286. The van der Waals surface area contributed by atoms with Crippen LogP contribution in [0.5, 0.6) is 0 Å². The van der Waals surface area contributed by atoms with Crippen molar-refractivity contribution in [2.75, 3.05) is 13.1 Å². The number of nitrogens with zero attached hydrogens (tertiary/aromatic N) is 3.